The first kappa shape index (κ1) is 15.7. The number of unbranched alkanes of at least 4 members (excludes halogenated alkanes) is 1. The van der Waals surface area contributed by atoms with Gasteiger partial charge in [-0.05, 0) is 33.1 Å². The van der Waals surface area contributed by atoms with E-state index in [-0.39, 0.29) is 5.92 Å². The smallest absolute Gasteiger partial charge is 0.161 e. The van der Waals surface area contributed by atoms with Gasteiger partial charge in [0.25, 0.3) is 0 Å². The molecule has 2 rings (SSSR count). The minimum Gasteiger partial charge on any atom is -0.339 e. The minimum absolute atomic E-state index is 0.283. The third kappa shape index (κ3) is 3.69. The molecule has 0 radical (unpaired) electrons. The molecule has 3 heteroatoms. The zero-order valence-corrected chi connectivity index (χ0v) is 13.9. The van der Waals surface area contributed by atoms with Crippen molar-refractivity contribution >= 4 is 17.5 Å². The zero-order valence-electron chi connectivity index (χ0n) is 13.1. The summed E-state index contributed by atoms with van der Waals surface area (Å²) in [5.74, 6) is 0.641. The van der Waals surface area contributed by atoms with Crippen LogP contribution in [0.25, 0.3) is 0 Å². The van der Waals surface area contributed by atoms with Gasteiger partial charge >= 0.3 is 0 Å². The third-order valence-electron chi connectivity index (χ3n) is 4.45. The Kier molecular flexibility index (Phi) is 5.76. The first-order chi connectivity index (χ1) is 9.63. The van der Waals surface area contributed by atoms with Crippen LogP contribution in [0.4, 0.5) is 0 Å². The Morgan fingerprint density at radius 1 is 1.30 bits per heavy atom. The van der Waals surface area contributed by atoms with Crippen LogP contribution in [0.1, 0.15) is 65.7 Å². The van der Waals surface area contributed by atoms with E-state index in [1.54, 1.807) is 11.8 Å². The molecule has 0 amide bonds. The van der Waals surface area contributed by atoms with Crippen molar-refractivity contribution in [1.82, 2.24) is 4.90 Å². The highest BCUT2D eigenvalue weighted by Gasteiger charge is 2.25. The van der Waals surface area contributed by atoms with Gasteiger partial charge in [0.1, 0.15) is 0 Å². The van der Waals surface area contributed by atoms with Gasteiger partial charge in [-0.3, -0.25) is 4.79 Å². The molecule has 2 nitrogen and oxygen atoms in total. The second kappa shape index (κ2) is 7.35. The SMILES string of the molecule is CCCCN1C(=CC(=O)C2CCCCC2)SC(C)=C1C. The fourth-order valence-electron chi connectivity index (χ4n) is 2.97. The van der Waals surface area contributed by atoms with Gasteiger partial charge in [-0.25, -0.2) is 0 Å². The second-order valence-corrected chi connectivity index (χ2v) is 7.20. The Morgan fingerprint density at radius 3 is 2.65 bits per heavy atom. The number of allylic oxidation sites excluding steroid dienone is 3. The summed E-state index contributed by atoms with van der Waals surface area (Å²) in [6.07, 6.45) is 10.2. The molecule has 1 aliphatic heterocycles. The normalized spacial score (nSPS) is 22.9. The highest BCUT2D eigenvalue weighted by Crippen LogP contribution is 2.41. The summed E-state index contributed by atoms with van der Waals surface area (Å²) >= 11 is 1.77. The van der Waals surface area contributed by atoms with E-state index < -0.39 is 0 Å². The first-order valence-electron chi connectivity index (χ1n) is 8.02. The van der Waals surface area contributed by atoms with Crippen LogP contribution in [0, 0.1) is 5.92 Å². The molecule has 112 valence electrons. The van der Waals surface area contributed by atoms with Crippen LogP contribution in [0.5, 0.6) is 0 Å². The quantitative estimate of drug-likeness (QED) is 0.659. The van der Waals surface area contributed by atoms with Crippen molar-refractivity contribution in [2.45, 2.75) is 65.7 Å². The second-order valence-electron chi connectivity index (χ2n) is 5.97. The average molecular weight is 293 g/mol. The summed E-state index contributed by atoms with van der Waals surface area (Å²) < 4.78 is 0. The van der Waals surface area contributed by atoms with E-state index in [4.69, 9.17) is 0 Å². The Balaban J connectivity index is 2.05. The molecule has 0 spiro atoms. The van der Waals surface area contributed by atoms with Crippen molar-refractivity contribution in [3.63, 3.8) is 0 Å². The van der Waals surface area contributed by atoms with E-state index in [0.29, 0.717) is 5.78 Å². The maximum atomic E-state index is 12.5. The van der Waals surface area contributed by atoms with Crippen molar-refractivity contribution in [3.8, 4) is 0 Å². The molecule has 0 aromatic rings. The van der Waals surface area contributed by atoms with Crippen molar-refractivity contribution in [2.24, 2.45) is 5.92 Å². The molecule has 0 atom stereocenters. The third-order valence-corrected chi connectivity index (χ3v) is 5.60. The summed E-state index contributed by atoms with van der Waals surface area (Å²) in [5.41, 5.74) is 1.33. The maximum absolute atomic E-state index is 12.5. The predicted molar refractivity (Wildman–Crippen MR) is 87.2 cm³/mol. The lowest BCUT2D eigenvalue weighted by Crippen LogP contribution is -2.21. The number of hydrogen-bond acceptors (Lipinski definition) is 3. The van der Waals surface area contributed by atoms with Crippen LogP contribution >= 0.6 is 11.8 Å². The van der Waals surface area contributed by atoms with Gasteiger partial charge in [0.05, 0.1) is 5.03 Å². The van der Waals surface area contributed by atoms with E-state index in [2.05, 4.69) is 25.7 Å². The Bertz CT molecular complexity index is 419. The zero-order chi connectivity index (χ0) is 14.5. The lowest BCUT2D eigenvalue weighted by Gasteiger charge is -2.23. The molecule has 1 heterocycles. The summed E-state index contributed by atoms with van der Waals surface area (Å²) in [6, 6.07) is 0. The number of carbonyl (C=O) groups is 1. The van der Waals surface area contributed by atoms with Gasteiger partial charge < -0.3 is 4.90 Å². The number of nitrogens with zero attached hydrogens (tertiary/aromatic N) is 1. The molecule has 20 heavy (non-hydrogen) atoms. The van der Waals surface area contributed by atoms with Crippen LogP contribution in [-0.4, -0.2) is 17.2 Å². The van der Waals surface area contributed by atoms with Gasteiger partial charge in [-0.2, -0.15) is 0 Å². The highest BCUT2D eigenvalue weighted by molar-refractivity contribution is 8.06. The molecule has 0 saturated heterocycles. The summed E-state index contributed by atoms with van der Waals surface area (Å²) in [5, 5.41) is 1.16. The average Bonchev–Trinajstić information content (AvgIpc) is 2.72. The van der Waals surface area contributed by atoms with E-state index in [9.17, 15) is 4.79 Å². The van der Waals surface area contributed by atoms with E-state index in [0.717, 1.165) is 24.4 Å². The van der Waals surface area contributed by atoms with Gasteiger partial charge in [0.2, 0.25) is 0 Å². The van der Waals surface area contributed by atoms with Crippen LogP contribution in [0.15, 0.2) is 21.7 Å². The molecule has 0 bridgehead atoms. The van der Waals surface area contributed by atoms with Crippen LogP contribution in [0.3, 0.4) is 0 Å². The maximum Gasteiger partial charge on any atom is 0.161 e. The molecule has 1 saturated carbocycles. The van der Waals surface area contributed by atoms with E-state index in [1.165, 1.54) is 42.7 Å². The minimum atomic E-state index is 0.283. The Hall–Kier alpha value is -0.700. The lowest BCUT2D eigenvalue weighted by atomic mass is 9.86. The summed E-state index contributed by atoms with van der Waals surface area (Å²) in [6.45, 7) is 7.58. The molecule has 0 aromatic carbocycles. The van der Waals surface area contributed by atoms with Crippen molar-refractivity contribution in [2.75, 3.05) is 6.54 Å². The largest absolute Gasteiger partial charge is 0.339 e. The summed E-state index contributed by atoms with van der Waals surface area (Å²) in [4.78, 5) is 16.1. The van der Waals surface area contributed by atoms with Crippen LogP contribution in [0.2, 0.25) is 0 Å². The number of ketones is 1. The predicted octanol–water partition coefficient (Wildman–Crippen LogP) is 5.08. The molecular formula is C17H27NOS. The fourth-order valence-corrected chi connectivity index (χ4v) is 4.05. The van der Waals surface area contributed by atoms with Crippen LogP contribution < -0.4 is 0 Å². The Labute approximate surface area is 127 Å². The lowest BCUT2D eigenvalue weighted by molar-refractivity contribution is -0.119. The Morgan fingerprint density at radius 2 is 2.00 bits per heavy atom. The summed E-state index contributed by atoms with van der Waals surface area (Å²) in [7, 11) is 0. The number of carbonyl (C=O) groups excluding carboxylic acids is 1. The molecule has 1 fully saturated rings. The van der Waals surface area contributed by atoms with Crippen molar-refractivity contribution in [3.05, 3.63) is 21.7 Å². The number of rotatable bonds is 5. The molecule has 1 aliphatic carbocycles. The van der Waals surface area contributed by atoms with Gasteiger partial charge in [-0.15, -0.1) is 0 Å². The fraction of sp³-hybridized carbons (Fsp3) is 0.706. The number of hydrogen-bond donors (Lipinski definition) is 0. The van der Waals surface area contributed by atoms with E-state index >= 15 is 0 Å². The molecule has 0 unspecified atom stereocenters. The highest BCUT2D eigenvalue weighted by atomic mass is 32.2. The molecule has 0 aromatic heterocycles. The topological polar surface area (TPSA) is 20.3 Å². The molecular weight excluding hydrogens is 266 g/mol. The monoisotopic (exact) mass is 293 g/mol. The van der Waals surface area contributed by atoms with Gasteiger partial charge in [0, 0.05) is 29.1 Å². The number of thioether (sulfide) groups is 1. The van der Waals surface area contributed by atoms with E-state index in [1.807, 2.05) is 6.08 Å². The molecule has 2 aliphatic rings. The van der Waals surface area contributed by atoms with Gasteiger partial charge in [-0.1, -0.05) is 44.4 Å². The molecule has 0 N–H and O–H groups in total. The van der Waals surface area contributed by atoms with Crippen LogP contribution in [-0.2, 0) is 4.79 Å². The first-order valence-corrected chi connectivity index (χ1v) is 8.83. The van der Waals surface area contributed by atoms with Crippen molar-refractivity contribution in [1.29, 1.82) is 0 Å². The van der Waals surface area contributed by atoms with Gasteiger partial charge in [0.15, 0.2) is 5.78 Å². The standard InChI is InChI=1S/C17H27NOS/c1-4-5-11-18-13(2)14(3)20-17(18)12-16(19)15-9-7-6-8-10-15/h12,15H,4-11H2,1-3H3. The van der Waals surface area contributed by atoms with Crippen molar-refractivity contribution < 1.29 is 4.79 Å².